The number of benzene rings is 2. The van der Waals surface area contributed by atoms with Gasteiger partial charge in [0, 0.05) is 0 Å². The first kappa shape index (κ1) is 18.1. The molecule has 0 aliphatic carbocycles. The number of para-hydroxylation sites is 2. The third-order valence-electron chi connectivity index (χ3n) is 2.28. The quantitative estimate of drug-likeness (QED) is 0.223. The molecule has 0 spiro atoms. The second-order valence-electron chi connectivity index (χ2n) is 3.67. The van der Waals surface area contributed by atoms with E-state index in [2.05, 4.69) is 33.8 Å². The number of nitrogens with two attached hydrogens (primary N) is 1. The molecule has 0 aliphatic rings. The van der Waals surface area contributed by atoms with Crippen molar-refractivity contribution in [1.29, 1.82) is 0 Å². The summed E-state index contributed by atoms with van der Waals surface area (Å²) < 4.78 is 17.1. The van der Waals surface area contributed by atoms with Crippen LogP contribution in [0.4, 0.5) is 11.4 Å². The zero-order chi connectivity index (χ0) is 15.7. The van der Waals surface area contributed by atoms with Gasteiger partial charge in [0.05, 0.1) is 11.4 Å². The first-order valence-electron chi connectivity index (χ1n) is 5.64. The standard InChI is InChI=1S/C12H12N2.H3O4PS2/c13-14(11-7-3-1-4-8-11)12-9-5-2-6-10-12;1-5(2,3-6)4-7/h1-10H,13H2;6-7H,(H,1,2). The van der Waals surface area contributed by atoms with Crippen molar-refractivity contribution in [2.24, 2.45) is 5.84 Å². The van der Waals surface area contributed by atoms with Crippen molar-refractivity contribution < 1.29 is 17.4 Å². The van der Waals surface area contributed by atoms with E-state index in [9.17, 15) is 4.57 Å². The molecule has 21 heavy (non-hydrogen) atoms. The van der Waals surface area contributed by atoms with Crippen molar-refractivity contribution >= 4 is 45.0 Å². The first-order chi connectivity index (χ1) is 10.00. The lowest BCUT2D eigenvalue weighted by Crippen LogP contribution is -2.24. The van der Waals surface area contributed by atoms with E-state index >= 15 is 0 Å². The SMILES string of the molecule is NN(c1ccccc1)c1ccccc1.O=P(O)(OS)OS. The molecule has 0 aliphatic heterocycles. The number of rotatable bonds is 4. The highest BCUT2D eigenvalue weighted by Gasteiger charge is 2.16. The highest BCUT2D eigenvalue weighted by molar-refractivity contribution is 7.85. The second kappa shape index (κ2) is 9.11. The van der Waals surface area contributed by atoms with E-state index in [1.54, 1.807) is 5.01 Å². The number of hydrazine groups is 1. The van der Waals surface area contributed by atoms with Gasteiger partial charge in [-0.3, -0.25) is 5.01 Å². The third-order valence-corrected chi connectivity index (χ3v) is 3.93. The normalized spacial score (nSPS) is 10.5. The summed E-state index contributed by atoms with van der Waals surface area (Å²) in [6.45, 7) is 0. The van der Waals surface area contributed by atoms with E-state index in [1.807, 2.05) is 60.7 Å². The van der Waals surface area contributed by atoms with Crippen LogP contribution in [0.15, 0.2) is 60.7 Å². The van der Waals surface area contributed by atoms with Crippen LogP contribution in [-0.4, -0.2) is 4.89 Å². The summed E-state index contributed by atoms with van der Waals surface area (Å²) in [5.41, 5.74) is 1.97. The van der Waals surface area contributed by atoms with Gasteiger partial charge in [-0.1, -0.05) is 36.4 Å². The second-order valence-corrected chi connectivity index (χ2v) is 5.92. The number of thiol groups is 2. The molecule has 0 saturated carbocycles. The Labute approximate surface area is 134 Å². The van der Waals surface area contributed by atoms with Crippen molar-refractivity contribution in [2.75, 3.05) is 5.01 Å². The van der Waals surface area contributed by atoms with Crippen molar-refractivity contribution in [3.8, 4) is 0 Å². The molecular formula is C12H15N2O4PS2. The Bertz CT molecular complexity index is 526. The van der Waals surface area contributed by atoms with Gasteiger partial charge in [-0.25, -0.2) is 18.3 Å². The number of hydrogen-bond acceptors (Lipinski definition) is 7. The zero-order valence-electron chi connectivity index (χ0n) is 10.8. The molecule has 0 aromatic heterocycles. The minimum Gasteiger partial charge on any atom is -0.301 e. The fourth-order valence-corrected chi connectivity index (χ4v) is 1.73. The molecule has 0 heterocycles. The van der Waals surface area contributed by atoms with Crippen LogP contribution < -0.4 is 10.9 Å². The van der Waals surface area contributed by atoms with Gasteiger partial charge in [-0.15, -0.1) is 0 Å². The maximum Gasteiger partial charge on any atom is 0.494 e. The van der Waals surface area contributed by atoms with Crippen molar-refractivity contribution in [1.82, 2.24) is 0 Å². The summed E-state index contributed by atoms with van der Waals surface area (Å²) in [6.07, 6.45) is 0. The molecule has 2 rings (SSSR count). The molecule has 0 fully saturated rings. The van der Waals surface area contributed by atoms with Gasteiger partial charge in [0.1, 0.15) is 0 Å². The maximum absolute atomic E-state index is 9.91. The summed E-state index contributed by atoms with van der Waals surface area (Å²) in [5, 5.41) is 1.67. The number of phosphoric acid groups is 1. The van der Waals surface area contributed by atoms with Crippen LogP contribution in [0.2, 0.25) is 0 Å². The Morgan fingerprint density at radius 2 is 1.24 bits per heavy atom. The topological polar surface area (TPSA) is 85.0 Å². The molecule has 114 valence electrons. The van der Waals surface area contributed by atoms with E-state index in [-0.39, 0.29) is 0 Å². The molecule has 2 aromatic carbocycles. The smallest absolute Gasteiger partial charge is 0.301 e. The molecule has 0 radical (unpaired) electrons. The fraction of sp³-hybridized carbons (Fsp3) is 0. The van der Waals surface area contributed by atoms with Gasteiger partial charge in [0.25, 0.3) is 0 Å². The minimum atomic E-state index is -3.93. The van der Waals surface area contributed by atoms with Gasteiger partial charge in [0.15, 0.2) is 0 Å². The van der Waals surface area contributed by atoms with Gasteiger partial charge in [-0.2, -0.15) is 0 Å². The Balaban J connectivity index is 0.000000270. The van der Waals surface area contributed by atoms with Crippen LogP contribution in [-0.2, 0) is 12.5 Å². The van der Waals surface area contributed by atoms with E-state index in [0.717, 1.165) is 11.4 Å². The summed E-state index contributed by atoms with van der Waals surface area (Å²) >= 11 is 5.99. The highest BCUT2D eigenvalue weighted by Crippen LogP contribution is 2.45. The van der Waals surface area contributed by atoms with E-state index in [1.165, 1.54) is 0 Å². The number of hydrogen-bond donors (Lipinski definition) is 4. The largest absolute Gasteiger partial charge is 0.494 e. The molecule has 0 saturated heterocycles. The van der Waals surface area contributed by atoms with Crippen molar-refractivity contribution in [3.05, 3.63) is 60.7 Å². The van der Waals surface area contributed by atoms with Gasteiger partial charge in [-0.05, 0) is 50.1 Å². The van der Waals surface area contributed by atoms with Crippen LogP contribution in [0, 0.1) is 0 Å². The van der Waals surface area contributed by atoms with Gasteiger partial charge < -0.3 is 4.89 Å². The molecular weight excluding hydrogens is 331 g/mol. The molecule has 6 nitrogen and oxygen atoms in total. The van der Waals surface area contributed by atoms with Crippen LogP contribution >= 0.6 is 33.6 Å². The van der Waals surface area contributed by atoms with Crippen molar-refractivity contribution in [3.63, 3.8) is 0 Å². The summed E-state index contributed by atoms with van der Waals surface area (Å²) in [6, 6.07) is 19.7. The molecule has 0 amide bonds. The Hall–Kier alpha value is -0.990. The van der Waals surface area contributed by atoms with E-state index < -0.39 is 7.82 Å². The lowest BCUT2D eigenvalue weighted by atomic mass is 10.2. The van der Waals surface area contributed by atoms with Crippen molar-refractivity contribution in [2.45, 2.75) is 0 Å². The number of anilines is 2. The van der Waals surface area contributed by atoms with E-state index in [0.29, 0.717) is 0 Å². The highest BCUT2D eigenvalue weighted by atomic mass is 32.1. The lowest BCUT2D eigenvalue weighted by molar-refractivity contribution is 0.327. The third kappa shape index (κ3) is 6.54. The molecule has 2 aromatic rings. The molecule has 0 bridgehead atoms. The predicted octanol–water partition coefficient (Wildman–Crippen LogP) is 3.51. The maximum atomic E-state index is 9.91. The molecule has 9 heteroatoms. The first-order valence-corrected chi connectivity index (χ1v) is 7.87. The van der Waals surface area contributed by atoms with Crippen LogP contribution in [0.5, 0.6) is 0 Å². The molecule has 3 N–H and O–H groups in total. The summed E-state index contributed by atoms with van der Waals surface area (Å²) in [5.74, 6) is 5.95. The Morgan fingerprint density at radius 3 is 1.48 bits per heavy atom. The summed E-state index contributed by atoms with van der Waals surface area (Å²) in [7, 11) is -3.93. The number of nitrogens with zero attached hydrogens (tertiary/aromatic N) is 1. The minimum absolute atomic E-state index is 0.985. The van der Waals surface area contributed by atoms with E-state index in [4.69, 9.17) is 10.7 Å². The Kier molecular flexibility index (Phi) is 7.84. The predicted molar refractivity (Wildman–Crippen MR) is 89.2 cm³/mol. The fourth-order valence-electron chi connectivity index (χ4n) is 1.34. The van der Waals surface area contributed by atoms with Gasteiger partial charge >= 0.3 is 7.82 Å². The van der Waals surface area contributed by atoms with Crippen LogP contribution in [0.25, 0.3) is 0 Å². The van der Waals surface area contributed by atoms with Crippen LogP contribution in [0.1, 0.15) is 0 Å². The van der Waals surface area contributed by atoms with Crippen LogP contribution in [0.3, 0.4) is 0 Å². The summed E-state index contributed by atoms with van der Waals surface area (Å²) in [4.78, 5) is 8.09. The Morgan fingerprint density at radius 1 is 0.905 bits per heavy atom. The van der Waals surface area contributed by atoms with Gasteiger partial charge in [0.2, 0.25) is 0 Å². The average Bonchev–Trinajstić information content (AvgIpc) is 2.56. The lowest BCUT2D eigenvalue weighted by Gasteiger charge is -2.18. The molecule has 0 unspecified atom stereocenters. The zero-order valence-corrected chi connectivity index (χ0v) is 13.5. The molecule has 0 atom stereocenters. The monoisotopic (exact) mass is 346 g/mol. The average molecular weight is 346 g/mol.